The van der Waals surface area contributed by atoms with Crippen LogP contribution < -0.4 is 5.73 Å². The second kappa shape index (κ2) is 5.63. The highest BCUT2D eigenvalue weighted by molar-refractivity contribution is 5.88. The summed E-state index contributed by atoms with van der Waals surface area (Å²) in [4.78, 5) is 24.9. The van der Waals surface area contributed by atoms with Gasteiger partial charge < -0.3 is 15.7 Å². The Morgan fingerprint density at radius 3 is 2.55 bits per heavy atom. The van der Waals surface area contributed by atoms with Gasteiger partial charge in [0.2, 0.25) is 5.91 Å². The fraction of sp³-hybridized carbons (Fsp3) is 0.467. The van der Waals surface area contributed by atoms with Gasteiger partial charge in [0.25, 0.3) is 0 Å². The van der Waals surface area contributed by atoms with E-state index >= 15 is 0 Å². The van der Waals surface area contributed by atoms with E-state index in [4.69, 9.17) is 10.8 Å². The Hall–Kier alpha value is -1.88. The molecule has 0 unspecified atom stereocenters. The summed E-state index contributed by atoms with van der Waals surface area (Å²) < 4.78 is 0. The third kappa shape index (κ3) is 2.99. The predicted octanol–water partition coefficient (Wildman–Crippen LogP) is 1.60. The van der Waals surface area contributed by atoms with Crippen molar-refractivity contribution in [3.8, 4) is 0 Å². The molecule has 3 N–H and O–H groups in total. The number of nitrogens with zero attached hydrogens (tertiary/aromatic N) is 1. The van der Waals surface area contributed by atoms with Gasteiger partial charge in [0.1, 0.15) is 0 Å². The van der Waals surface area contributed by atoms with Gasteiger partial charge in [-0.25, -0.2) is 4.79 Å². The van der Waals surface area contributed by atoms with E-state index in [1.54, 1.807) is 23.1 Å². The van der Waals surface area contributed by atoms with Gasteiger partial charge in [0.15, 0.2) is 0 Å². The summed E-state index contributed by atoms with van der Waals surface area (Å²) in [6.07, 6.45) is 0.659. The molecule has 0 saturated heterocycles. The SMILES string of the molecule is CC(C)C[C@@H](N)C(=O)N1Cc2ccc(C(=O)O)cc2C1. The third-order valence-corrected chi connectivity index (χ3v) is 3.53. The van der Waals surface area contributed by atoms with Crippen LogP contribution in [0.5, 0.6) is 0 Å². The van der Waals surface area contributed by atoms with E-state index in [9.17, 15) is 9.59 Å². The molecule has 0 spiro atoms. The number of carbonyl (C=O) groups is 2. The number of nitrogens with two attached hydrogens (primary N) is 1. The molecule has 20 heavy (non-hydrogen) atoms. The van der Waals surface area contributed by atoms with Crippen molar-refractivity contribution in [1.29, 1.82) is 0 Å². The molecular weight excluding hydrogens is 256 g/mol. The Labute approximate surface area is 118 Å². The third-order valence-electron chi connectivity index (χ3n) is 3.53. The van der Waals surface area contributed by atoms with Gasteiger partial charge in [0, 0.05) is 13.1 Å². The van der Waals surface area contributed by atoms with Crippen molar-refractivity contribution in [3.05, 3.63) is 34.9 Å². The molecule has 0 saturated carbocycles. The van der Waals surface area contributed by atoms with Crippen LogP contribution in [-0.4, -0.2) is 27.9 Å². The fourth-order valence-corrected chi connectivity index (χ4v) is 2.53. The molecule has 2 rings (SSSR count). The minimum Gasteiger partial charge on any atom is -0.478 e. The minimum absolute atomic E-state index is 0.0632. The number of benzene rings is 1. The molecule has 1 heterocycles. The Balaban J connectivity index is 2.09. The van der Waals surface area contributed by atoms with Crippen LogP contribution >= 0.6 is 0 Å². The van der Waals surface area contributed by atoms with E-state index in [1.165, 1.54) is 0 Å². The van der Waals surface area contributed by atoms with Gasteiger partial charge in [-0.1, -0.05) is 19.9 Å². The molecule has 0 bridgehead atoms. The number of aromatic carboxylic acids is 1. The van der Waals surface area contributed by atoms with Crippen LogP contribution in [-0.2, 0) is 17.9 Å². The number of carboxylic acid groups (broad SMARTS) is 1. The highest BCUT2D eigenvalue weighted by atomic mass is 16.4. The van der Waals surface area contributed by atoms with E-state index in [1.807, 2.05) is 13.8 Å². The monoisotopic (exact) mass is 276 g/mol. The Morgan fingerprint density at radius 1 is 1.30 bits per heavy atom. The maximum Gasteiger partial charge on any atom is 0.335 e. The maximum atomic E-state index is 12.3. The molecular formula is C15H20N2O3. The molecule has 108 valence electrons. The average Bonchev–Trinajstić information content (AvgIpc) is 2.79. The smallest absolute Gasteiger partial charge is 0.335 e. The Bertz CT molecular complexity index is 540. The standard InChI is InChI=1S/C15H20N2O3/c1-9(2)5-13(16)14(18)17-7-11-4-3-10(15(19)20)6-12(11)8-17/h3-4,6,9,13H,5,7-8,16H2,1-2H3,(H,19,20)/t13-/m1/s1. The fourth-order valence-electron chi connectivity index (χ4n) is 2.53. The van der Waals surface area contributed by atoms with Crippen LogP contribution in [0.25, 0.3) is 0 Å². The van der Waals surface area contributed by atoms with Crippen LogP contribution in [0.2, 0.25) is 0 Å². The zero-order valence-corrected chi connectivity index (χ0v) is 11.8. The summed E-state index contributed by atoms with van der Waals surface area (Å²) in [7, 11) is 0. The van der Waals surface area contributed by atoms with Gasteiger partial charge >= 0.3 is 5.97 Å². The van der Waals surface area contributed by atoms with Crippen LogP contribution in [0.1, 0.15) is 41.8 Å². The number of fused-ring (bicyclic) bond motifs is 1. The quantitative estimate of drug-likeness (QED) is 0.875. The lowest BCUT2D eigenvalue weighted by Crippen LogP contribution is -2.41. The highest BCUT2D eigenvalue weighted by Gasteiger charge is 2.27. The molecule has 1 aliphatic heterocycles. The summed E-state index contributed by atoms with van der Waals surface area (Å²) in [6, 6.07) is 4.51. The molecule has 0 radical (unpaired) electrons. The molecule has 0 fully saturated rings. The average molecular weight is 276 g/mol. The van der Waals surface area contributed by atoms with Gasteiger partial charge in [-0.3, -0.25) is 4.79 Å². The number of rotatable bonds is 4. The molecule has 5 nitrogen and oxygen atoms in total. The van der Waals surface area contributed by atoms with E-state index in [0.29, 0.717) is 25.4 Å². The molecule has 1 aromatic rings. The summed E-state index contributed by atoms with van der Waals surface area (Å²) >= 11 is 0. The van der Waals surface area contributed by atoms with E-state index in [0.717, 1.165) is 11.1 Å². The van der Waals surface area contributed by atoms with Crippen molar-refractivity contribution in [2.24, 2.45) is 11.7 Å². The Morgan fingerprint density at radius 2 is 1.95 bits per heavy atom. The highest BCUT2D eigenvalue weighted by Crippen LogP contribution is 2.25. The second-order valence-electron chi connectivity index (χ2n) is 5.72. The molecule has 1 aliphatic rings. The van der Waals surface area contributed by atoms with Crippen LogP contribution in [0, 0.1) is 5.92 Å². The van der Waals surface area contributed by atoms with Crippen LogP contribution in [0.3, 0.4) is 0 Å². The normalized spacial score (nSPS) is 15.3. The molecule has 0 aromatic heterocycles. The summed E-state index contributed by atoms with van der Waals surface area (Å²) in [6.45, 7) is 5.02. The van der Waals surface area contributed by atoms with Crippen molar-refractivity contribution in [3.63, 3.8) is 0 Å². The summed E-state index contributed by atoms with van der Waals surface area (Å²) in [5.74, 6) is -0.640. The van der Waals surface area contributed by atoms with E-state index in [2.05, 4.69) is 0 Å². The van der Waals surface area contributed by atoms with E-state index in [-0.39, 0.29) is 11.5 Å². The number of carbonyl (C=O) groups excluding carboxylic acids is 1. The van der Waals surface area contributed by atoms with Crippen molar-refractivity contribution < 1.29 is 14.7 Å². The van der Waals surface area contributed by atoms with Gasteiger partial charge in [-0.15, -0.1) is 0 Å². The zero-order chi connectivity index (χ0) is 14.9. The number of hydrogen-bond acceptors (Lipinski definition) is 3. The summed E-state index contributed by atoms with van der Waals surface area (Å²) in [5, 5.41) is 8.98. The Kier molecular flexibility index (Phi) is 4.09. The van der Waals surface area contributed by atoms with Crippen molar-refractivity contribution in [2.45, 2.75) is 39.4 Å². The van der Waals surface area contributed by atoms with Crippen molar-refractivity contribution >= 4 is 11.9 Å². The lowest BCUT2D eigenvalue weighted by atomic mass is 10.0. The van der Waals surface area contributed by atoms with Gasteiger partial charge in [0.05, 0.1) is 11.6 Å². The molecule has 5 heteroatoms. The largest absolute Gasteiger partial charge is 0.478 e. The first-order valence-electron chi connectivity index (χ1n) is 6.78. The van der Waals surface area contributed by atoms with Gasteiger partial charge in [-0.05, 0) is 35.6 Å². The molecule has 1 atom stereocenters. The van der Waals surface area contributed by atoms with Crippen LogP contribution in [0.4, 0.5) is 0 Å². The van der Waals surface area contributed by atoms with Crippen molar-refractivity contribution in [1.82, 2.24) is 4.90 Å². The molecule has 1 amide bonds. The number of amides is 1. The molecule has 0 aliphatic carbocycles. The van der Waals surface area contributed by atoms with Crippen LogP contribution in [0.15, 0.2) is 18.2 Å². The zero-order valence-electron chi connectivity index (χ0n) is 11.8. The first kappa shape index (κ1) is 14.5. The van der Waals surface area contributed by atoms with Gasteiger partial charge in [-0.2, -0.15) is 0 Å². The maximum absolute atomic E-state index is 12.3. The number of carboxylic acids is 1. The lowest BCUT2D eigenvalue weighted by molar-refractivity contribution is -0.133. The minimum atomic E-state index is -0.950. The molecule has 1 aromatic carbocycles. The lowest BCUT2D eigenvalue weighted by Gasteiger charge is -2.21. The summed E-state index contributed by atoms with van der Waals surface area (Å²) in [5.41, 5.74) is 8.08. The van der Waals surface area contributed by atoms with E-state index < -0.39 is 12.0 Å². The second-order valence-corrected chi connectivity index (χ2v) is 5.72. The topological polar surface area (TPSA) is 83.6 Å². The predicted molar refractivity (Wildman–Crippen MR) is 75.1 cm³/mol. The first-order valence-corrected chi connectivity index (χ1v) is 6.78. The van der Waals surface area contributed by atoms with Crippen molar-refractivity contribution in [2.75, 3.05) is 0 Å². The first-order chi connectivity index (χ1) is 9.38. The number of hydrogen-bond donors (Lipinski definition) is 2.